The summed E-state index contributed by atoms with van der Waals surface area (Å²) < 4.78 is 10.7. The zero-order valence-corrected chi connectivity index (χ0v) is 18.5. The van der Waals surface area contributed by atoms with Crippen molar-refractivity contribution in [1.29, 1.82) is 0 Å². The second-order valence-electron chi connectivity index (χ2n) is 7.59. The predicted octanol–water partition coefficient (Wildman–Crippen LogP) is 2.63. The number of rotatable bonds is 8. The SMILES string of the molecule is COc1cc(NC(=O)CNC(=O)Cc2ccccc2)c(C(=O)N2CCCCC2)cc1OC. The third kappa shape index (κ3) is 6.00. The summed E-state index contributed by atoms with van der Waals surface area (Å²) in [7, 11) is 2.98. The molecule has 0 spiro atoms. The zero-order valence-electron chi connectivity index (χ0n) is 18.5. The molecule has 2 N–H and O–H groups in total. The first-order chi connectivity index (χ1) is 15.5. The molecule has 2 aromatic carbocycles. The minimum atomic E-state index is -0.439. The van der Waals surface area contributed by atoms with Crippen molar-refractivity contribution in [1.82, 2.24) is 10.2 Å². The van der Waals surface area contributed by atoms with Gasteiger partial charge in [0.2, 0.25) is 11.8 Å². The highest BCUT2D eigenvalue weighted by Gasteiger charge is 2.24. The number of nitrogens with one attached hydrogen (secondary N) is 2. The van der Waals surface area contributed by atoms with Crippen LogP contribution in [0.4, 0.5) is 5.69 Å². The summed E-state index contributed by atoms with van der Waals surface area (Å²) in [6, 6.07) is 12.4. The molecule has 0 unspecified atom stereocenters. The molecule has 2 aromatic rings. The largest absolute Gasteiger partial charge is 0.493 e. The van der Waals surface area contributed by atoms with E-state index >= 15 is 0 Å². The molecule has 0 aromatic heterocycles. The van der Waals surface area contributed by atoms with Gasteiger partial charge in [-0.25, -0.2) is 0 Å². The fraction of sp³-hybridized carbons (Fsp3) is 0.375. The van der Waals surface area contributed by atoms with Gasteiger partial charge in [0.25, 0.3) is 5.91 Å². The van der Waals surface area contributed by atoms with Crippen molar-refractivity contribution >= 4 is 23.4 Å². The Morgan fingerprint density at radius 3 is 2.22 bits per heavy atom. The van der Waals surface area contributed by atoms with Crippen LogP contribution in [0.1, 0.15) is 35.2 Å². The lowest BCUT2D eigenvalue weighted by Gasteiger charge is -2.28. The number of carbonyl (C=O) groups is 3. The Morgan fingerprint density at radius 2 is 1.56 bits per heavy atom. The molecule has 0 saturated carbocycles. The Balaban J connectivity index is 1.71. The molecular weight excluding hydrogens is 410 g/mol. The fourth-order valence-electron chi connectivity index (χ4n) is 3.64. The number of hydrogen-bond acceptors (Lipinski definition) is 5. The summed E-state index contributed by atoms with van der Waals surface area (Å²) in [4.78, 5) is 39.6. The Labute approximate surface area is 187 Å². The van der Waals surface area contributed by atoms with Crippen LogP contribution in [0.3, 0.4) is 0 Å². The molecule has 8 heteroatoms. The van der Waals surface area contributed by atoms with Crippen LogP contribution in [0.2, 0.25) is 0 Å². The number of ether oxygens (including phenoxy) is 2. The van der Waals surface area contributed by atoms with Gasteiger partial charge in [0, 0.05) is 19.2 Å². The molecule has 0 atom stereocenters. The number of hydrogen-bond donors (Lipinski definition) is 2. The molecule has 8 nitrogen and oxygen atoms in total. The van der Waals surface area contributed by atoms with Crippen molar-refractivity contribution in [2.24, 2.45) is 0 Å². The minimum absolute atomic E-state index is 0.172. The third-order valence-corrected chi connectivity index (χ3v) is 5.33. The van der Waals surface area contributed by atoms with Gasteiger partial charge in [0.15, 0.2) is 11.5 Å². The predicted molar refractivity (Wildman–Crippen MR) is 121 cm³/mol. The van der Waals surface area contributed by atoms with Gasteiger partial charge in [0.1, 0.15) is 0 Å². The maximum atomic E-state index is 13.1. The van der Waals surface area contributed by atoms with Crippen LogP contribution in [-0.4, -0.2) is 56.5 Å². The van der Waals surface area contributed by atoms with Gasteiger partial charge in [-0.2, -0.15) is 0 Å². The van der Waals surface area contributed by atoms with Crippen LogP contribution < -0.4 is 20.1 Å². The molecular formula is C24H29N3O5. The smallest absolute Gasteiger partial charge is 0.256 e. The van der Waals surface area contributed by atoms with Gasteiger partial charge in [-0.15, -0.1) is 0 Å². The van der Waals surface area contributed by atoms with E-state index in [9.17, 15) is 14.4 Å². The first-order valence-electron chi connectivity index (χ1n) is 10.7. The van der Waals surface area contributed by atoms with Gasteiger partial charge in [0.05, 0.1) is 38.4 Å². The second kappa shape index (κ2) is 11.2. The Morgan fingerprint density at radius 1 is 0.906 bits per heavy atom. The number of methoxy groups -OCH3 is 2. The standard InChI is InChI=1S/C24H29N3O5/c1-31-20-14-18(24(30)27-11-7-4-8-12-27)19(15-21(20)32-2)26-23(29)16-25-22(28)13-17-9-5-3-6-10-17/h3,5-6,9-10,14-15H,4,7-8,11-13,16H2,1-2H3,(H,25,28)(H,26,29). The number of anilines is 1. The van der Waals surface area contributed by atoms with Gasteiger partial charge in [-0.3, -0.25) is 14.4 Å². The molecule has 0 aliphatic carbocycles. The molecule has 3 rings (SSSR count). The zero-order chi connectivity index (χ0) is 22.9. The highest BCUT2D eigenvalue weighted by Crippen LogP contribution is 2.34. The first kappa shape index (κ1) is 23.1. The molecule has 1 aliphatic heterocycles. The quantitative estimate of drug-likeness (QED) is 0.659. The first-order valence-corrected chi connectivity index (χ1v) is 10.7. The highest BCUT2D eigenvalue weighted by molar-refractivity contribution is 6.05. The molecule has 170 valence electrons. The molecule has 32 heavy (non-hydrogen) atoms. The van der Waals surface area contributed by atoms with Gasteiger partial charge < -0.3 is 25.0 Å². The lowest BCUT2D eigenvalue weighted by Crippen LogP contribution is -2.37. The Kier molecular flexibility index (Phi) is 8.08. The van der Waals surface area contributed by atoms with Gasteiger partial charge in [-0.1, -0.05) is 30.3 Å². The third-order valence-electron chi connectivity index (χ3n) is 5.33. The summed E-state index contributed by atoms with van der Waals surface area (Å²) in [6.45, 7) is 1.14. The highest BCUT2D eigenvalue weighted by atomic mass is 16.5. The minimum Gasteiger partial charge on any atom is -0.493 e. The van der Waals surface area contributed by atoms with Crippen LogP contribution in [0, 0.1) is 0 Å². The molecule has 1 aliphatic rings. The lowest BCUT2D eigenvalue weighted by atomic mass is 10.1. The van der Waals surface area contributed by atoms with Crippen LogP contribution in [0.25, 0.3) is 0 Å². The fourth-order valence-corrected chi connectivity index (χ4v) is 3.64. The van der Waals surface area contributed by atoms with Crippen LogP contribution >= 0.6 is 0 Å². The van der Waals surface area contributed by atoms with Crippen molar-refractivity contribution in [2.75, 3.05) is 39.2 Å². The van der Waals surface area contributed by atoms with E-state index < -0.39 is 5.91 Å². The number of piperidine rings is 1. The number of likely N-dealkylation sites (tertiary alicyclic amines) is 1. The van der Waals surface area contributed by atoms with E-state index in [1.807, 2.05) is 30.3 Å². The van der Waals surface area contributed by atoms with Crippen molar-refractivity contribution in [3.05, 3.63) is 53.6 Å². The number of carbonyl (C=O) groups excluding carboxylic acids is 3. The second-order valence-corrected chi connectivity index (χ2v) is 7.59. The van der Waals surface area contributed by atoms with Gasteiger partial charge >= 0.3 is 0 Å². The Bertz CT molecular complexity index is 956. The topological polar surface area (TPSA) is 97.0 Å². The van der Waals surface area contributed by atoms with Crippen LogP contribution in [0.15, 0.2) is 42.5 Å². The summed E-state index contributed by atoms with van der Waals surface area (Å²) >= 11 is 0. The van der Waals surface area contributed by atoms with Crippen molar-refractivity contribution in [3.63, 3.8) is 0 Å². The Hall–Kier alpha value is -3.55. The van der Waals surface area contributed by atoms with E-state index in [1.54, 1.807) is 17.0 Å². The number of nitrogens with zero attached hydrogens (tertiary/aromatic N) is 1. The van der Waals surface area contributed by atoms with Crippen molar-refractivity contribution < 1.29 is 23.9 Å². The molecule has 1 heterocycles. The molecule has 0 bridgehead atoms. The average Bonchev–Trinajstić information content (AvgIpc) is 2.83. The van der Waals surface area contributed by atoms with E-state index in [0.717, 1.165) is 24.8 Å². The van der Waals surface area contributed by atoms with Crippen molar-refractivity contribution in [2.45, 2.75) is 25.7 Å². The summed E-state index contributed by atoms with van der Waals surface area (Å²) in [5.74, 6) is -0.0724. The monoisotopic (exact) mass is 439 g/mol. The van der Waals surface area contributed by atoms with Crippen LogP contribution in [0.5, 0.6) is 11.5 Å². The maximum absolute atomic E-state index is 13.1. The van der Waals surface area contributed by atoms with E-state index in [0.29, 0.717) is 35.8 Å². The summed E-state index contributed by atoms with van der Waals surface area (Å²) in [5, 5.41) is 5.35. The normalized spacial score (nSPS) is 13.2. The maximum Gasteiger partial charge on any atom is 0.256 e. The molecule has 0 radical (unpaired) electrons. The molecule has 3 amide bonds. The average molecular weight is 440 g/mol. The number of benzene rings is 2. The van der Waals surface area contributed by atoms with Crippen molar-refractivity contribution in [3.8, 4) is 11.5 Å². The lowest BCUT2D eigenvalue weighted by molar-refractivity contribution is -0.123. The van der Waals surface area contributed by atoms with E-state index in [4.69, 9.17) is 9.47 Å². The van der Waals surface area contributed by atoms with Crippen LogP contribution in [-0.2, 0) is 16.0 Å². The van der Waals surface area contributed by atoms with E-state index in [-0.39, 0.29) is 24.8 Å². The molecule has 1 saturated heterocycles. The number of amides is 3. The van der Waals surface area contributed by atoms with E-state index in [1.165, 1.54) is 14.2 Å². The summed E-state index contributed by atoms with van der Waals surface area (Å²) in [5.41, 5.74) is 1.51. The molecule has 1 fully saturated rings. The summed E-state index contributed by atoms with van der Waals surface area (Å²) in [6.07, 6.45) is 3.19. The van der Waals surface area contributed by atoms with Gasteiger partial charge in [-0.05, 0) is 30.9 Å². The van der Waals surface area contributed by atoms with E-state index in [2.05, 4.69) is 10.6 Å².